The van der Waals surface area contributed by atoms with E-state index in [9.17, 15) is 18.8 Å². The highest BCUT2D eigenvalue weighted by molar-refractivity contribution is 5.98. The van der Waals surface area contributed by atoms with Crippen molar-refractivity contribution in [2.45, 2.75) is 46.2 Å². The van der Waals surface area contributed by atoms with E-state index >= 15 is 0 Å². The predicted octanol–water partition coefficient (Wildman–Crippen LogP) is 3.72. The minimum atomic E-state index is -0.741. The number of anilines is 2. The number of nitrogens with one attached hydrogen (secondary N) is 2. The van der Waals surface area contributed by atoms with Gasteiger partial charge in [-0.2, -0.15) is 0 Å². The van der Waals surface area contributed by atoms with Gasteiger partial charge in [0.2, 0.25) is 17.7 Å². The van der Waals surface area contributed by atoms with Crippen LogP contribution in [0.2, 0.25) is 0 Å². The van der Waals surface area contributed by atoms with Gasteiger partial charge in [-0.05, 0) is 35.2 Å². The van der Waals surface area contributed by atoms with E-state index in [0.717, 1.165) is 11.1 Å². The molecule has 1 atom stereocenters. The van der Waals surface area contributed by atoms with Crippen LogP contribution in [-0.4, -0.2) is 28.7 Å². The van der Waals surface area contributed by atoms with Gasteiger partial charge in [-0.25, -0.2) is 4.39 Å². The molecular weight excluding hydrogens is 385 g/mol. The minimum Gasteiger partial charge on any atom is -0.326 e. The first-order valence-corrected chi connectivity index (χ1v) is 9.99. The molecule has 0 spiro atoms. The standard InChI is InChI=1S/C23H26FN3O3/c1-14(2)10-22(29)27-13-17-7-5-4-6-16(17)11-21(27)23(30)26-20-12-18(25-15(3)28)8-9-19(20)24/h4-9,12,14,21H,10-11,13H2,1-3H3,(H,25,28)(H,26,30). The van der Waals surface area contributed by atoms with Gasteiger partial charge in [0.05, 0.1) is 5.69 Å². The lowest BCUT2D eigenvalue weighted by Gasteiger charge is -2.36. The Labute approximate surface area is 175 Å². The summed E-state index contributed by atoms with van der Waals surface area (Å²) in [6.07, 6.45) is 0.692. The number of halogens is 1. The zero-order chi connectivity index (χ0) is 21.8. The molecule has 0 bridgehead atoms. The first kappa shape index (κ1) is 21.5. The highest BCUT2D eigenvalue weighted by Crippen LogP contribution is 2.27. The van der Waals surface area contributed by atoms with Crippen molar-refractivity contribution in [3.63, 3.8) is 0 Å². The number of hydrogen-bond acceptors (Lipinski definition) is 3. The molecule has 1 aliphatic rings. The Hall–Kier alpha value is -3.22. The highest BCUT2D eigenvalue weighted by atomic mass is 19.1. The molecule has 30 heavy (non-hydrogen) atoms. The van der Waals surface area contributed by atoms with Crippen LogP contribution in [0.5, 0.6) is 0 Å². The molecule has 1 heterocycles. The lowest BCUT2D eigenvalue weighted by molar-refractivity contribution is -0.140. The summed E-state index contributed by atoms with van der Waals surface area (Å²) >= 11 is 0. The van der Waals surface area contributed by atoms with Crippen LogP contribution >= 0.6 is 0 Å². The van der Waals surface area contributed by atoms with Crippen LogP contribution in [0, 0.1) is 11.7 Å². The van der Waals surface area contributed by atoms with Crippen molar-refractivity contribution in [3.8, 4) is 0 Å². The fraction of sp³-hybridized carbons (Fsp3) is 0.348. The van der Waals surface area contributed by atoms with Gasteiger partial charge in [-0.15, -0.1) is 0 Å². The largest absolute Gasteiger partial charge is 0.326 e. The molecule has 0 saturated carbocycles. The molecule has 2 aromatic carbocycles. The molecule has 158 valence electrons. The molecular formula is C23H26FN3O3. The monoisotopic (exact) mass is 411 g/mol. The van der Waals surface area contributed by atoms with E-state index < -0.39 is 17.8 Å². The Balaban J connectivity index is 1.86. The number of carbonyl (C=O) groups is 3. The number of amides is 3. The average Bonchev–Trinajstić information content (AvgIpc) is 2.68. The number of rotatable bonds is 5. The Morgan fingerprint density at radius 1 is 1.10 bits per heavy atom. The second-order valence-corrected chi connectivity index (χ2v) is 7.97. The van der Waals surface area contributed by atoms with E-state index in [-0.39, 0.29) is 23.4 Å². The van der Waals surface area contributed by atoms with E-state index in [1.165, 1.54) is 25.1 Å². The van der Waals surface area contributed by atoms with Crippen molar-refractivity contribution >= 4 is 29.1 Å². The van der Waals surface area contributed by atoms with Gasteiger partial charge in [0.25, 0.3) is 0 Å². The SMILES string of the molecule is CC(=O)Nc1ccc(F)c(NC(=O)C2Cc3ccccc3CN2C(=O)CC(C)C)c1. The molecule has 6 nitrogen and oxygen atoms in total. The van der Waals surface area contributed by atoms with Crippen molar-refractivity contribution in [1.82, 2.24) is 4.90 Å². The van der Waals surface area contributed by atoms with E-state index in [0.29, 0.717) is 25.1 Å². The lowest BCUT2D eigenvalue weighted by atomic mass is 9.92. The summed E-state index contributed by atoms with van der Waals surface area (Å²) in [6.45, 7) is 5.59. The maximum Gasteiger partial charge on any atom is 0.247 e. The number of nitrogens with zero attached hydrogens (tertiary/aromatic N) is 1. The molecule has 1 aliphatic heterocycles. The molecule has 0 aromatic heterocycles. The third-order valence-electron chi connectivity index (χ3n) is 5.00. The van der Waals surface area contributed by atoms with Crippen molar-refractivity contribution in [1.29, 1.82) is 0 Å². The van der Waals surface area contributed by atoms with Crippen LogP contribution in [0.4, 0.5) is 15.8 Å². The molecule has 0 fully saturated rings. The van der Waals surface area contributed by atoms with Gasteiger partial charge < -0.3 is 15.5 Å². The summed E-state index contributed by atoms with van der Waals surface area (Å²) in [4.78, 5) is 38.8. The zero-order valence-electron chi connectivity index (χ0n) is 17.4. The first-order chi connectivity index (χ1) is 14.2. The number of carbonyl (C=O) groups excluding carboxylic acids is 3. The van der Waals surface area contributed by atoms with Crippen LogP contribution < -0.4 is 10.6 Å². The minimum absolute atomic E-state index is 0.0404. The fourth-order valence-corrected chi connectivity index (χ4v) is 3.60. The van der Waals surface area contributed by atoms with Crippen molar-refractivity contribution in [3.05, 3.63) is 59.4 Å². The zero-order valence-corrected chi connectivity index (χ0v) is 17.4. The van der Waals surface area contributed by atoms with Gasteiger partial charge in [-0.1, -0.05) is 38.1 Å². The molecule has 1 unspecified atom stereocenters. The molecule has 0 radical (unpaired) electrons. The topological polar surface area (TPSA) is 78.5 Å². The van der Waals surface area contributed by atoms with Crippen LogP contribution in [0.1, 0.15) is 38.3 Å². The Morgan fingerprint density at radius 2 is 1.80 bits per heavy atom. The van der Waals surface area contributed by atoms with Gasteiger partial charge >= 0.3 is 0 Å². The Bertz CT molecular complexity index is 974. The third-order valence-corrected chi connectivity index (χ3v) is 5.00. The molecule has 7 heteroatoms. The average molecular weight is 411 g/mol. The van der Waals surface area contributed by atoms with E-state index in [4.69, 9.17) is 0 Å². The van der Waals surface area contributed by atoms with Crippen LogP contribution in [0.25, 0.3) is 0 Å². The van der Waals surface area contributed by atoms with Gasteiger partial charge in [0, 0.05) is 32.0 Å². The summed E-state index contributed by atoms with van der Waals surface area (Å²) in [6, 6.07) is 10.9. The lowest BCUT2D eigenvalue weighted by Crippen LogP contribution is -2.50. The summed E-state index contributed by atoms with van der Waals surface area (Å²) in [5.41, 5.74) is 2.35. The summed E-state index contributed by atoms with van der Waals surface area (Å²) in [5.74, 6) is -1.32. The van der Waals surface area contributed by atoms with Crippen molar-refractivity contribution in [2.75, 3.05) is 10.6 Å². The van der Waals surface area contributed by atoms with Gasteiger partial charge in [-0.3, -0.25) is 14.4 Å². The van der Waals surface area contributed by atoms with Gasteiger partial charge in [0.15, 0.2) is 0 Å². The number of fused-ring (bicyclic) bond motifs is 1. The third kappa shape index (κ3) is 5.03. The first-order valence-electron chi connectivity index (χ1n) is 9.99. The second-order valence-electron chi connectivity index (χ2n) is 7.97. The maximum atomic E-state index is 14.3. The van der Waals surface area contributed by atoms with E-state index in [1.807, 2.05) is 38.1 Å². The van der Waals surface area contributed by atoms with Crippen molar-refractivity contribution in [2.24, 2.45) is 5.92 Å². The summed E-state index contributed by atoms with van der Waals surface area (Å²) < 4.78 is 14.3. The molecule has 2 aromatic rings. The number of benzene rings is 2. The maximum absolute atomic E-state index is 14.3. The smallest absolute Gasteiger partial charge is 0.247 e. The summed E-state index contributed by atoms with van der Waals surface area (Å²) in [5, 5.41) is 5.17. The predicted molar refractivity (Wildman–Crippen MR) is 113 cm³/mol. The van der Waals surface area contributed by atoms with E-state index in [2.05, 4.69) is 10.6 Å². The van der Waals surface area contributed by atoms with Crippen LogP contribution in [0.3, 0.4) is 0 Å². The second kappa shape index (κ2) is 9.07. The molecule has 3 amide bonds. The quantitative estimate of drug-likeness (QED) is 0.787. The van der Waals surface area contributed by atoms with Crippen LogP contribution in [0.15, 0.2) is 42.5 Å². The van der Waals surface area contributed by atoms with Crippen molar-refractivity contribution < 1.29 is 18.8 Å². The van der Waals surface area contributed by atoms with Crippen LogP contribution in [-0.2, 0) is 27.3 Å². The number of hydrogen-bond donors (Lipinski definition) is 2. The molecule has 3 rings (SSSR count). The molecule has 0 saturated heterocycles. The Morgan fingerprint density at radius 3 is 2.47 bits per heavy atom. The Kier molecular flexibility index (Phi) is 6.50. The summed E-state index contributed by atoms with van der Waals surface area (Å²) in [7, 11) is 0. The van der Waals surface area contributed by atoms with Gasteiger partial charge in [0.1, 0.15) is 11.9 Å². The fourth-order valence-electron chi connectivity index (χ4n) is 3.60. The molecule has 0 aliphatic carbocycles. The highest BCUT2D eigenvalue weighted by Gasteiger charge is 2.34. The normalized spacial score (nSPS) is 15.5. The molecule has 2 N–H and O–H groups in total. The van der Waals surface area contributed by atoms with E-state index in [1.54, 1.807) is 4.90 Å².